The molecule has 1 aliphatic rings. The summed E-state index contributed by atoms with van der Waals surface area (Å²) in [5.41, 5.74) is 0. The van der Waals surface area contributed by atoms with Gasteiger partial charge in [0.2, 0.25) is 0 Å². The van der Waals surface area contributed by atoms with Crippen LogP contribution >= 0.6 is 0 Å². The Morgan fingerprint density at radius 3 is 1.22 bits per heavy atom. The van der Waals surface area contributed by atoms with Crippen LogP contribution in [0.4, 0.5) is 0 Å². The summed E-state index contributed by atoms with van der Waals surface area (Å²) >= 11 is 0. The number of hydrogen-bond donors (Lipinski definition) is 3. The van der Waals surface area contributed by atoms with Gasteiger partial charge in [0.1, 0.15) is 18.8 Å². The van der Waals surface area contributed by atoms with Gasteiger partial charge in [-0.15, -0.1) is 0 Å². The Labute approximate surface area is 478 Å². The number of aliphatic hydroxyl groups excluding tert-OH is 2. The molecule has 79 heavy (non-hydrogen) atoms. The molecule has 448 valence electrons. The van der Waals surface area contributed by atoms with Gasteiger partial charge in [-0.25, -0.2) is 4.79 Å². The number of aliphatic carboxylic acids is 1. The summed E-state index contributed by atoms with van der Waals surface area (Å²) in [5, 5.41) is 31.5. The molecule has 0 saturated carbocycles. The molecule has 1 fully saturated rings. The van der Waals surface area contributed by atoms with Gasteiger partial charge in [-0.3, -0.25) is 14.4 Å². The molecule has 1 rings (SSSR count). The minimum absolute atomic E-state index is 0.0419. The molecule has 0 aromatic rings. The van der Waals surface area contributed by atoms with Gasteiger partial charge in [0.25, 0.3) is 0 Å². The second-order valence-corrected chi connectivity index (χ2v) is 20.6. The summed E-state index contributed by atoms with van der Waals surface area (Å²) in [4.78, 5) is 51.2. The van der Waals surface area contributed by atoms with Crippen molar-refractivity contribution in [1.29, 1.82) is 0 Å². The smallest absolute Gasteiger partial charge is 0.335 e. The fourth-order valence-electron chi connectivity index (χ4n) is 8.64. The largest absolute Gasteiger partial charge is 0.479 e. The molecule has 3 N–H and O–H groups in total. The topological polar surface area (TPSA) is 175 Å². The van der Waals surface area contributed by atoms with E-state index >= 15 is 0 Å². The number of rotatable bonds is 51. The van der Waals surface area contributed by atoms with Crippen molar-refractivity contribution in [3.63, 3.8) is 0 Å². The van der Waals surface area contributed by atoms with E-state index in [1.54, 1.807) is 0 Å². The van der Waals surface area contributed by atoms with E-state index in [4.69, 9.17) is 23.7 Å². The molecule has 0 radical (unpaired) electrons. The number of carbonyl (C=O) groups excluding carboxylic acids is 3. The summed E-state index contributed by atoms with van der Waals surface area (Å²) in [7, 11) is 0. The number of ether oxygens (including phenoxy) is 5. The number of hydrogen-bond acceptors (Lipinski definition) is 11. The number of carbonyl (C=O) groups is 4. The zero-order chi connectivity index (χ0) is 57.5. The van der Waals surface area contributed by atoms with Gasteiger partial charge in [0.15, 0.2) is 24.6 Å². The van der Waals surface area contributed by atoms with Crippen LogP contribution in [-0.2, 0) is 42.9 Å². The zero-order valence-corrected chi connectivity index (χ0v) is 49.3. The van der Waals surface area contributed by atoms with Crippen molar-refractivity contribution in [3.05, 3.63) is 109 Å². The standard InChI is InChI=1S/C67H108O12/c1-4-7-10-13-16-19-22-25-28-30-33-35-38-41-44-47-50-53-59(68)75-56-58(77-60(69)54-51-48-45-42-39-36-32-27-24-21-18-15-12-9-6-3)57-76-67-65(63(72)62(71)64(79-67)66(73)74)78-61(70)55-52-49-46-43-40-37-34-31-29-26-23-20-17-14-11-8-5-2/h7,9-10,12,16-21,25-29,32-33,35,58,62-65,67,71-72H,4-6,8,11,13-15,22-24,30-31,34,36-57H2,1-3H3,(H,73,74)/b10-7-,12-9-,19-16-,20-17-,21-18-,28-25-,29-26-,32-27-,35-33-. The Balaban J connectivity index is 2.71. The Bertz CT molecular complexity index is 1790. The van der Waals surface area contributed by atoms with E-state index in [9.17, 15) is 34.5 Å². The molecule has 6 unspecified atom stereocenters. The van der Waals surface area contributed by atoms with Gasteiger partial charge in [-0.2, -0.15) is 0 Å². The SMILES string of the molecule is CC/C=C\C/C=C\C/C=C\C/C=C\CCCCCCC(=O)OCC(COC1OC(C(=O)O)C(O)C(O)C1OC(=O)CCCCCCCCC/C=C\C/C=C\CCCCC)OC(=O)CCCCCCC/C=C\C/C=C\C/C=C\CC. The second kappa shape index (κ2) is 54.0. The monoisotopic (exact) mass is 1100 g/mol. The zero-order valence-electron chi connectivity index (χ0n) is 49.3. The van der Waals surface area contributed by atoms with E-state index in [1.165, 1.54) is 19.3 Å². The number of carboxylic acids is 1. The van der Waals surface area contributed by atoms with Gasteiger partial charge >= 0.3 is 23.9 Å². The molecule has 6 atom stereocenters. The number of allylic oxidation sites excluding steroid dienone is 18. The average molecular weight is 1110 g/mol. The Morgan fingerprint density at radius 1 is 0.430 bits per heavy atom. The van der Waals surface area contributed by atoms with Crippen LogP contribution in [0, 0.1) is 0 Å². The van der Waals surface area contributed by atoms with Crippen molar-refractivity contribution in [3.8, 4) is 0 Å². The first-order chi connectivity index (χ1) is 38.6. The lowest BCUT2D eigenvalue weighted by atomic mass is 9.98. The summed E-state index contributed by atoms with van der Waals surface area (Å²) in [6.07, 6.45) is 60.4. The highest BCUT2D eigenvalue weighted by molar-refractivity contribution is 5.74. The Kier molecular flexibility index (Phi) is 49.5. The Hall–Kier alpha value is -4.62. The number of unbranched alkanes of at least 4 members (excludes halogenated alkanes) is 19. The lowest BCUT2D eigenvalue weighted by Gasteiger charge is -2.40. The highest BCUT2D eigenvalue weighted by Gasteiger charge is 2.50. The molecule has 1 aliphatic heterocycles. The summed E-state index contributed by atoms with van der Waals surface area (Å²) in [6, 6.07) is 0. The Morgan fingerprint density at radius 2 is 0.797 bits per heavy atom. The molecule has 1 saturated heterocycles. The quantitative estimate of drug-likeness (QED) is 0.0228. The lowest BCUT2D eigenvalue weighted by molar-refractivity contribution is -0.301. The normalized spacial score (nSPS) is 18.6. The van der Waals surface area contributed by atoms with Crippen LogP contribution in [0.3, 0.4) is 0 Å². The third-order valence-electron chi connectivity index (χ3n) is 13.3. The van der Waals surface area contributed by atoms with Crippen LogP contribution in [0.2, 0.25) is 0 Å². The van der Waals surface area contributed by atoms with Gasteiger partial charge < -0.3 is 39.0 Å². The summed E-state index contributed by atoms with van der Waals surface area (Å²) < 4.78 is 28.4. The van der Waals surface area contributed by atoms with Crippen molar-refractivity contribution in [2.24, 2.45) is 0 Å². The van der Waals surface area contributed by atoms with Crippen molar-refractivity contribution >= 4 is 23.9 Å². The first-order valence-electron chi connectivity index (χ1n) is 30.9. The third kappa shape index (κ3) is 43.8. The van der Waals surface area contributed by atoms with Crippen LogP contribution < -0.4 is 0 Å². The first kappa shape index (κ1) is 72.4. The molecule has 1 heterocycles. The van der Waals surface area contributed by atoms with E-state index in [0.29, 0.717) is 19.3 Å². The number of carboxylic acid groups (broad SMARTS) is 1. The fourth-order valence-corrected chi connectivity index (χ4v) is 8.64. The maximum Gasteiger partial charge on any atom is 0.335 e. The minimum atomic E-state index is -1.92. The molecule has 12 heteroatoms. The molecule has 0 amide bonds. The van der Waals surface area contributed by atoms with E-state index in [-0.39, 0.29) is 25.9 Å². The third-order valence-corrected chi connectivity index (χ3v) is 13.3. The molecular formula is C67H108O12. The predicted molar refractivity (Wildman–Crippen MR) is 321 cm³/mol. The van der Waals surface area contributed by atoms with E-state index in [1.807, 2.05) is 0 Å². The van der Waals surface area contributed by atoms with Crippen molar-refractivity contribution in [1.82, 2.24) is 0 Å². The van der Waals surface area contributed by atoms with E-state index < -0.39 is 67.3 Å². The number of esters is 3. The fraction of sp³-hybridized carbons (Fsp3) is 0.672. The van der Waals surface area contributed by atoms with E-state index in [0.717, 1.165) is 161 Å². The maximum atomic E-state index is 13.2. The molecule has 0 aromatic carbocycles. The first-order valence-corrected chi connectivity index (χ1v) is 30.9. The molecule has 0 aromatic heterocycles. The van der Waals surface area contributed by atoms with Crippen LogP contribution in [0.25, 0.3) is 0 Å². The molecular weight excluding hydrogens is 997 g/mol. The second-order valence-electron chi connectivity index (χ2n) is 20.6. The van der Waals surface area contributed by atoms with Gasteiger partial charge in [0.05, 0.1) is 6.61 Å². The highest BCUT2D eigenvalue weighted by atomic mass is 16.7. The van der Waals surface area contributed by atoms with E-state index in [2.05, 4.69) is 130 Å². The van der Waals surface area contributed by atoms with Crippen LogP contribution in [-0.4, -0.2) is 89.2 Å². The van der Waals surface area contributed by atoms with Crippen molar-refractivity contribution in [2.75, 3.05) is 13.2 Å². The van der Waals surface area contributed by atoms with Gasteiger partial charge in [-0.1, -0.05) is 207 Å². The molecule has 12 nitrogen and oxygen atoms in total. The van der Waals surface area contributed by atoms with Crippen LogP contribution in [0.15, 0.2) is 109 Å². The highest BCUT2D eigenvalue weighted by Crippen LogP contribution is 2.26. The summed E-state index contributed by atoms with van der Waals surface area (Å²) in [5.74, 6) is -3.19. The van der Waals surface area contributed by atoms with Crippen molar-refractivity contribution < 1.29 is 58.2 Å². The molecule has 0 bridgehead atoms. The predicted octanol–water partition coefficient (Wildman–Crippen LogP) is 16.2. The average Bonchev–Trinajstić information content (AvgIpc) is 3.47. The van der Waals surface area contributed by atoms with Gasteiger partial charge in [-0.05, 0) is 122 Å². The number of aliphatic hydroxyl groups is 2. The molecule has 0 aliphatic carbocycles. The molecule has 0 spiro atoms. The maximum absolute atomic E-state index is 13.2. The van der Waals surface area contributed by atoms with Crippen LogP contribution in [0.5, 0.6) is 0 Å². The minimum Gasteiger partial charge on any atom is -0.479 e. The van der Waals surface area contributed by atoms with Gasteiger partial charge in [0, 0.05) is 19.3 Å². The van der Waals surface area contributed by atoms with Crippen LogP contribution in [0.1, 0.15) is 239 Å². The summed E-state index contributed by atoms with van der Waals surface area (Å²) in [6.45, 7) is 5.71. The van der Waals surface area contributed by atoms with Crippen molar-refractivity contribution in [2.45, 2.75) is 276 Å². The lowest BCUT2D eigenvalue weighted by Crippen LogP contribution is -2.61.